The molecule has 0 aliphatic carbocycles. The van der Waals surface area contributed by atoms with E-state index in [2.05, 4.69) is 11.4 Å². The van der Waals surface area contributed by atoms with E-state index in [0.29, 0.717) is 19.4 Å². The van der Waals surface area contributed by atoms with Crippen molar-refractivity contribution in [2.24, 2.45) is 0 Å². The smallest absolute Gasteiger partial charge is 0.240 e. The first-order valence-electron chi connectivity index (χ1n) is 7.52. The number of hydrogen-bond acceptors (Lipinski definition) is 2. The molecule has 0 aliphatic rings. The lowest BCUT2D eigenvalue weighted by molar-refractivity contribution is -0.123. The molecule has 0 fully saturated rings. The predicted octanol–water partition coefficient (Wildman–Crippen LogP) is 2.62. The lowest BCUT2D eigenvalue weighted by atomic mass is 9.98. The van der Waals surface area contributed by atoms with Crippen molar-refractivity contribution in [3.05, 3.63) is 36.0 Å². The van der Waals surface area contributed by atoms with Crippen molar-refractivity contribution < 1.29 is 9.90 Å². The second-order valence-corrected chi connectivity index (χ2v) is 5.67. The summed E-state index contributed by atoms with van der Waals surface area (Å²) >= 11 is 0. The van der Waals surface area contributed by atoms with Gasteiger partial charge in [0, 0.05) is 23.6 Å². The number of carbonyl (C=O) groups is 1. The van der Waals surface area contributed by atoms with E-state index in [-0.39, 0.29) is 12.5 Å². The molecule has 1 heterocycles. The molecule has 1 aromatic carbocycles. The average Bonchev–Trinajstić information content (AvgIpc) is 2.82. The maximum absolute atomic E-state index is 12.1. The largest absolute Gasteiger partial charge is 0.388 e. The molecule has 2 N–H and O–H groups in total. The van der Waals surface area contributed by atoms with Crippen LogP contribution in [0, 0.1) is 6.92 Å². The van der Waals surface area contributed by atoms with Crippen molar-refractivity contribution >= 4 is 16.8 Å². The quantitative estimate of drug-likeness (QED) is 0.858. The number of amides is 1. The molecule has 114 valence electrons. The van der Waals surface area contributed by atoms with Crippen molar-refractivity contribution in [2.75, 3.05) is 6.54 Å². The van der Waals surface area contributed by atoms with Crippen molar-refractivity contribution in [1.29, 1.82) is 0 Å². The predicted molar refractivity (Wildman–Crippen MR) is 85.2 cm³/mol. The summed E-state index contributed by atoms with van der Waals surface area (Å²) in [5.74, 6) is -0.0731. The maximum Gasteiger partial charge on any atom is 0.240 e. The second kappa shape index (κ2) is 6.31. The van der Waals surface area contributed by atoms with Gasteiger partial charge in [-0.05, 0) is 31.4 Å². The number of aryl methyl sites for hydroxylation is 1. The summed E-state index contributed by atoms with van der Waals surface area (Å²) in [4.78, 5) is 12.1. The van der Waals surface area contributed by atoms with Crippen molar-refractivity contribution in [3.63, 3.8) is 0 Å². The van der Waals surface area contributed by atoms with Crippen LogP contribution in [0.5, 0.6) is 0 Å². The zero-order valence-corrected chi connectivity index (χ0v) is 13.0. The Balaban J connectivity index is 2.05. The van der Waals surface area contributed by atoms with Gasteiger partial charge < -0.3 is 15.0 Å². The third kappa shape index (κ3) is 3.45. The van der Waals surface area contributed by atoms with Gasteiger partial charge in [-0.2, -0.15) is 0 Å². The number of aliphatic hydroxyl groups is 1. The molecule has 0 bridgehead atoms. The molecule has 1 amide bonds. The van der Waals surface area contributed by atoms with Crippen molar-refractivity contribution in [2.45, 2.75) is 45.8 Å². The monoisotopic (exact) mass is 288 g/mol. The van der Waals surface area contributed by atoms with E-state index < -0.39 is 5.60 Å². The van der Waals surface area contributed by atoms with E-state index in [4.69, 9.17) is 0 Å². The van der Waals surface area contributed by atoms with Gasteiger partial charge in [-0.25, -0.2) is 0 Å². The Morgan fingerprint density at radius 1 is 1.29 bits per heavy atom. The van der Waals surface area contributed by atoms with Crippen LogP contribution in [0.2, 0.25) is 0 Å². The highest BCUT2D eigenvalue weighted by Crippen LogP contribution is 2.20. The van der Waals surface area contributed by atoms with Crippen LogP contribution in [0.1, 0.15) is 32.3 Å². The van der Waals surface area contributed by atoms with E-state index in [1.807, 2.05) is 49.7 Å². The van der Waals surface area contributed by atoms with Crippen molar-refractivity contribution in [3.8, 4) is 0 Å². The molecule has 0 radical (unpaired) electrons. The molecule has 0 saturated carbocycles. The summed E-state index contributed by atoms with van der Waals surface area (Å²) in [6.07, 6.45) is 3.26. The van der Waals surface area contributed by atoms with Crippen LogP contribution in [-0.4, -0.2) is 27.7 Å². The van der Waals surface area contributed by atoms with Crippen LogP contribution >= 0.6 is 0 Å². The topological polar surface area (TPSA) is 54.3 Å². The first-order chi connectivity index (χ1) is 9.99. The molecule has 21 heavy (non-hydrogen) atoms. The Morgan fingerprint density at radius 3 is 2.62 bits per heavy atom. The van der Waals surface area contributed by atoms with Crippen molar-refractivity contribution in [1.82, 2.24) is 9.88 Å². The molecule has 2 rings (SSSR count). The Morgan fingerprint density at radius 2 is 1.95 bits per heavy atom. The molecule has 0 aliphatic heterocycles. The Bertz CT molecular complexity index is 627. The van der Waals surface area contributed by atoms with Crippen LogP contribution in [0.25, 0.3) is 10.9 Å². The molecule has 1 aromatic heterocycles. The number of nitrogens with one attached hydrogen (secondary N) is 1. The van der Waals surface area contributed by atoms with Crippen LogP contribution < -0.4 is 5.32 Å². The number of rotatable bonds is 6. The Labute approximate surface area is 125 Å². The number of nitrogens with zero attached hydrogens (tertiary/aromatic N) is 1. The molecule has 4 heteroatoms. The minimum atomic E-state index is -0.801. The third-order valence-corrected chi connectivity index (χ3v) is 4.23. The molecule has 0 spiro atoms. The van der Waals surface area contributed by atoms with Gasteiger partial charge in [0.25, 0.3) is 0 Å². The molecule has 0 atom stereocenters. The molecule has 0 unspecified atom stereocenters. The molecule has 4 nitrogen and oxygen atoms in total. The fourth-order valence-corrected chi connectivity index (χ4v) is 2.53. The Kier molecular flexibility index (Phi) is 4.68. The van der Waals surface area contributed by atoms with E-state index in [9.17, 15) is 9.90 Å². The van der Waals surface area contributed by atoms with Gasteiger partial charge >= 0.3 is 0 Å². The lowest BCUT2D eigenvalue weighted by Gasteiger charge is -2.25. The van der Waals surface area contributed by atoms with Gasteiger partial charge in [0.1, 0.15) is 6.54 Å². The van der Waals surface area contributed by atoms with Gasteiger partial charge in [-0.3, -0.25) is 4.79 Å². The fourth-order valence-electron chi connectivity index (χ4n) is 2.53. The fraction of sp³-hybridized carbons (Fsp3) is 0.471. The number of aromatic nitrogens is 1. The summed E-state index contributed by atoms with van der Waals surface area (Å²) in [5, 5.41) is 14.2. The number of para-hydroxylation sites is 1. The third-order valence-electron chi connectivity index (χ3n) is 4.23. The van der Waals surface area contributed by atoms with Gasteiger partial charge in [0.05, 0.1) is 5.60 Å². The highest BCUT2D eigenvalue weighted by Gasteiger charge is 2.22. The van der Waals surface area contributed by atoms with Crippen LogP contribution in [-0.2, 0) is 11.3 Å². The number of carbonyl (C=O) groups excluding carboxylic acids is 1. The van der Waals surface area contributed by atoms with Gasteiger partial charge in [-0.15, -0.1) is 0 Å². The van der Waals surface area contributed by atoms with E-state index in [1.165, 1.54) is 5.39 Å². The van der Waals surface area contributed by atoms with Crippen LogP contribution in [0.3, 0.4) is 0 Å². The summed E-state index contributed by atoms with van der Waals surface area (Å²) in [7, 11) is 0. The molecule has 2 aromatic rings. The number of hydrogen-bond donors (Lipinski definition) is 2. The van der Waals surface area contributed by atoms with Gasteiger partial charge in [0.2, 0.25) is 5.91 Å². The maximum atomic E-state index is 12.1. The number of benzene rings is 1. The second-order valence-electron chi connectivity index (χ2n) is 5.67. The summed E-state index contributed by atoms with van der Waals surface area (Å²) < 4.78 is 1.96. The molecular formula is C17H24N2O2. The first-order valence-corrected chi connectivity index (χ1v) is 7.52. The zero-order chi connectivity index (χ0) is 15.5. The van der Waals surface area contributed by atoms with E-state index in [0.717, 1.165) is 11.1 Å². The summed E-state index contributed by atoms with van der Waals surface area (Å²) in [5.41, 5.74) is 1.42. The Hall–Kier alpha value is -1.81. The SMILES string of the molecule is CCC(O)(CC)CNC(=O)Cn1cc(C)c2ccccc21. The molecule has 0 saturated heterocycles. The zero-order valence-electron chi connectivity index (χ0n) is 13.0. The van der Waals surface area contributed by atoms with E-state index >= 15 is 0 Å². The average molecular weight is 288 g/mol. The highest BCUT2D eigenvalue weighted by atomic mass is 16.3. The summed E-state index contributed by atoms with van der Waals surface area (Å²) in [6, 6.07) is 8.06. The number of fused-ring (bicyclic) bond motifs is 1. The minimum absolute atomic E-state index is 0.0731. The highest BCUT2D eigenvalue weighted by molar-refractivity contribution is 5.85. The van der Waals surface area contributed by atoms with Gasteiger partial charge in [-0.1, -0.05) is 32.0 Å². The first kappa shape index (κ1) is 15.6. The van der Waals surface area contributed by atoms with Gasteiger partial charge in [0.15, 0.2) is 0 Å². The van der Waals surface area contributed by atoms with Crippen LogP contribution in [0.15, 0.2) is 30.5 Å². The normalized spacial score (nSPS) is 11.8. The summed E-state index contributed by atoms with van der Waals surface area (Å²) in [6.45, 7) is 6.48. The van der Waals surface area contributed by atoms with Crippen LogP contribution in [0.4, 0.5) is 0 Å². The standard InChI is InChI=1S/C17H24N2O2/c1-4-17(21,5-2)12-18-16(20)11-19-10-13(3)14-8-6-7-9-15(14)19/h6-10,21H,4-5,11-12H2,1-3H3,(H,18,20). The lowest BCUT2D eigenvalue weighted by Crippen LogP contribution is -2.43. The van der Waals surface area contributed by atoms with E-state index in [1.54, 1.807) is 0 Å². The minimum Gasteiger partial charge on any atom is -0.388 e. The molecular weight excluding hydrogens is 264 g/mol.